The number of anilines is 1. The molecule has 1 aromatic rings. The van der Waals surface area contributed by atoms with E-state index in [4.69, 9.17) is 11.6 Å². The van der Waals surface area contributed by atoms with E-state index in [0.717, 1.165) is 29.5 Å². The number of alkyl halides is 1. The maximum absolute atomic E-state index is 6.33. The summed E-state index contributed by atoms with van der Waals surface area (Å²) >= 11 is 9.81. The molecule has 2 saturated heterocycles. The van der Waals surface area contributed by atoms with E-state index in [2.05, 4.69) is 43.9 Å². The van der Waals surface area contributed by atoms with Crippen LogP contribution >= 0.6 is 27.5 Å². The zero-order valence-electron chi connectivity index (χ0n) is 11.1. The Hall–Kier alpha value is -0.250. The Morgan fingerprint density at radius 2 is 2.05 bits per heavy atom. The monoisotopic (exact) mass is 342 g/mol. The molecule has 2 nitrogen and oxygen atoms in total. The molecule has 2 aliphatic heterocycles. The lowest BCUT2D eigenvalue weighted by molar-refractivity contribution is 0.273. The normalized spacial score (nSPS) is 24.3. The molecular formula is C15H20BrClN2. The highest BCUT2D eigenvalue weighted by atomic mass is 79.9. The van der Waals surface area contributed by atoms with Crippen molar-refractivity contribution in [3.63, 3.8) is 0 Å². The molecule has 1 atom stereocenters. The summed E-state index contributed by atoms with van der Waals surface area (Å²) in [5, 5.41) is 1.70. The molecule has 19 heavy (non-hydrogen) atoms. The largest absolute Gasteiger partial charge is 0.370 e. The summed E-state index contributed by atoms with van der Waals surface area (Å²) in [6.45, 7) is 4.86. The van der Waals surface area contributed by atoms with Gasteiger partial charge in [0.2, 0.25) is 0 Å². The van der Waals surface area contributed by atoms with E-state index in [1.165, 1.54) is 43.6 Å². The lowest BCUT2D eigenvalue weighted by Gasteiger charge is -2.27. The van der Waals surface area contributed by atoms with Gasteiger partial charge in [0, 0.05) is 41.7 Å². The van der Waals surface area contributed by atoms with Gasteiger partial charge in [-0.1, -0.05) is 33.6 Å². The number of rotatable bonds is 2. The Morgan fingerprint density at radius 3 is 2.84 bits per heavy atom. The van der Waals surface area contributed by atoms with Crippen LogP contribution in [0.25, 0.3) is 0 Å². The lowest BCUT2D eigenvalue weighted by atomic mass is 10.1. The van der Waals surface area contributed by atoms with Crippen LogP contribution in [0.4, 0.5) is 5.69 Å². The minimum absolute atomic E-state index is 0.747. The molecule has 2 aliphatic rings. The minimum Gasteiger partial charge on any atom is -0.370 e. The number of benzene rings is 1. The first-order valence-corrected chi connectivity index (χ1v) is 8.61. The van der Waals surface area contributed by atoms with E-state index in [0.29, 0.717) is 0 Å². The van der Waals surface area contributed by atoms with Gasteiger partial charge >= 0.3 is 0 Å². The van der Waals surface area contributed by atoms with Crippen LogP contribution in [-0.4, -0.2) is 37.1 Å². The molecule has 1 aromatic carbocycles. The quantitative estimate of drug-likeness (QED) is 0.751. The third-order valence-corrected chi connectivity index (χ3v) is 5.31. The molecule has 0 radical (unpaired) electrons. The number of nitrogens with zero attached hydrogens (tertiary/aromatic N) is 2. The van der Waals surface area contributed by atoms with Crippen LogP contribution in [0, 0.1) is 0 Å². The van der Waals surface area contributed by atoms with Crippen LogP contribution in [0.3, 0.4) is 0 Å². The Labute approximate surface area is 128 Å². The minimum atomic E-state index is 0.747. The van der Waals surface area contributed by atoms with Crippen molar-refractivity contribution in [2.24, 2.45) is 0 Å². The molecule has 0 spiro atoms. The molecule has 0 bridgehead atoms. The number of halogens is 2. The Kier molecular flexibility index (Phi) is 4.35. The molecule has 0 N–H and O–H groups in total. The smallest absolute Gasteiger partial charge is 0.0467 e. The Bertz CT molecular complexity index is 452. The highest BCUT2D eigenvalue weighted by Crippen LogP contribution is 2.28. The zero-order chi connectivity index (χ0) is 13.2. The fraction of sp³-hybridized carbons (Fsp3) is 0.600. The van der Waals surface area contributed by atoms with E-state index < -0.39 is 0 Å². The summed E-state index contributed by atoms with van der Waals surface area (Å²) in [6, 6.07) is 7.23. The van der Waals surface area contributed by atoms with Gasteiger partial charge in [-0.25, -0.2) is 0 Å². The van der Waals surface area contributed by atoms with Gasteiger partial charge in [-0.05, 0) is 43.5 Å². The Balaban J connectivity index is 1.79. The van der Waals surface area contributed by atoms with Gasteiger partial charge in [-0.2, -0.15) is 0 Å². The fourth-order valence-corrected chi connectivity index (χ4v) is 4.17. The van der Waals surface area contributed by atoms with Gasteiger partial charge in [-0.3, -0.25) is 4.90 Å². The standard InChI is InChI=1S/C15H20BrClN2/c16-10-12-4-5-13(9-15(12)17)19-8-2-7-18-6-1-3-14(18)11-19/h4-5,9,14H,1-3,6-8,10-11H2. The van der Waals surface area contributed by atoms with E-state index in [1.54, 1.807) is 0 Å². The number of hydrogen-bond acceptors (Lipinski definition) is 2. The topological polar surface area (TPSA) is 6.48 Å². The predicted molar refractivity (Wildman–Crippen MR) is 85.5 cm³/mol. The van der Waals surface area contributed by atoms with E-state index in [1.807, 2.05) is 0 Å². The molecule has 0 amide bonds. The first-order chi connectivity index (χ1) is 9.28. The van der Waals surface area contributed by atoms with Crippen LogP contribution in [0.5, 0.6) is 0 Å². The molecule has 0 saturated carbocycles. The van der Waals surface area contributed by atoms with E-state index in [-0.39, 0.29) is 0 Å². The number of fused-ring (bicyclic) bond motifs is 1. The summed E-state index contributed by atoms with van der Waals surface area (Å²) in [5.41, 5.74) is 2.45. The third kappa shape index (κ3) is 2.93. The summed E-state index contributed by atoms with van der Waals surface area (Å²) in [7, 11) is 0. The summed E-state index contributed by atoms with van der Waals surface area (Å²) in [5.74, 6) is 0. The third-order valence-electron chi connectivity index (χ3n) is 4.35. The molecule has 2 fully saturated rings. The number of hydrogen-bond donors (Lipinski definition) is 0. The maximum atomic E-state index is 6.33. The van der Waals surface area contributed by atoms with Crippen molar-refractivity contribution in [2.45, 2.75) is 30.6 Å². The average molecular weight is 344 g/mol. The summed E-state index contributed by atoms with van der Waals surface area (Å²) in [6.07, 6.45) is 3.97. The zero-order valence-corrected chi connectivity index (χ0v) is 13.5. The molecule has 0 aliphatic carbocycles. The predicted octanol–water partition coefficient (Wildman–Crippen LogP) is 3.91. The molecule has 3 rings (SSSR count). The molecule has 104 valence electrons. The van der Waals surface area contributed by atoms with Crippen molar-refractivity contribution < 1.29 is 0 Å². The van der Waals surface area contributed by atoms with Gasteiger partial charge < -0.3 is 4.90 Å². The first-order valence-electron chi connectivity index (χ1n) is 7.11. The molecule has 1 unspecified atom stereocenters. The average Bonchev–Trinajstić information content (AvgIpc) is 2.76. The second-order valence-electron chi connectivity index (χ2n) is 5.54. The van der Waals surface area contributed by atoms with Crippen molar-refractivity contribution in [3.8, 4) is 0 Å². The maximum Gasteiger partial charge on any atom is 0.0467 e. The fourth-order valence-electron chi connectivity index (χ4n) is 3.28. The molecule has 2 heterocycles. The lowest BCUT2D eigenvalue weighted by Crippen LogP contribution is -2.36. The van der Waals surface area contributed by atoms with E-state index >= 15 is 0 Å². The summed E-state index contributed by atoms with van der Waals surface area (Å²) < 4.78 is 0. The van der Waals surface area contributed by atoms with Crippen molar-refractivity contribution in [1.82, 2.24) is 4.90 Å². The van der Waals surface area contributed by atoms with Crippen LogP contribution in [0.2, 0.25) is 5.02 Å². The highest BCUT2D eigenvalue weighted by molar-refractivity contribution is 9.08. The first kappa shape index (κ1) is 13.7. The molecule has 4 heteroatoms. The van der Waals surface area contributed by atoms with Gasteiger partial charge in [0.1, 0.15) is 0 Å². The van der Waals surface area contributed by atoms with Crippen LogP contribution in [-0.2, 0) is 5.33 Å². The van der Waals surface area contributed by atoms with Crippen molar-refractivity contribution in [3.05, 3.63) is 28.8 Å². The molecule has 0 aromatic heterocycles. The van der Waals surface area contributed by atoms with Gasteiger partial charge in [0.25, 0.3) is 0 Å². The second-order valence-corrected chi connectivity index (χ2v) is 6.51. The SMILES string of the molecule is Clc1cc(N2CCCN3CCCC3C2)ccc1CBr. The van der Waals surface area contributed by atoms with Gasteiger partial charge in [0.05, 0.1) is 0 Å². The van der Waals surface area contributed by atoms with Gasteiger partial charge in [-0.15, -0.1) is 0 Å². The van der Waals surface area contributed by atoms with Gasteiger partial charge in [0.15, 0.2) is 0 Å². The van der Waals surface area contributed by atoms with Crippen molar-refractivity contribution in [2.75, 3.05) is 31.1 Å². The van der Waals surface area contributed by atoms with Crippen molar-refractivity contribution >= 4 is 33.2 Å². The molecular weight excluding hydrogens is 324 g/mol. The highest BCUT2D eigenvalue weighted by Gasteiger charge is 2.28. The summed E-state index contributed by atoms with van der Waals surface area (Å²) in [4.78, 5) is 5.17. The second kappa shape index (κ2) is 6.02. The van der Waals surface area contributed by atoms with Crippen LogP contribution in [0.1, 0.15) is 24.8 Å². The van der Waals surface area contributed by atoms with E-state index in [9.17, 15) is 0 Å². The van der Waals surface area contributed by atoms with Crippen LogP contribution < -0.4 is 4.90 Å². The Morgan fingerprint density at radius 1 is 1.21 bits per heavy atom. The van der Waals surface area contributed by atoms with Crippen LogP contribution in [0.15, 0.2) is 18.2 Å². The van der Waals surface area contributed by atoms with Crippen molar-refractivity contribution in [1.29, 1.82) is 0 Å².